The average Bonchev–Trinajstić information content (AvgIpc) is 3.10. The molecule has 0 radical (unpaired) electrons. The molecule has 3 heterocycles. The van der Waals surface area contributed by atoms with Crippen molar-refractivity contribution < 1.29 is 9.18 Å². The summed E-state index contributed by atoms with van der Waals surface area (Å²) in [6, 6.07) is 8.44. The lowest BCUT2D eigenvalue weighted by atomic mass is 10.2. The van der Waals surface area contributed by atoms with Crippen molar-refractivity contribution in [1.82, 2.24) is 14.9 Å². The van der Waals surface area contributed by atoms with E-state index in [-0.39, 0.29) is 16.4 Å². The predicted octanol–water partition coefficient (Wildman–Crippen LogP) is 3.14. The zero-order valence-electron chi connectivity index (χ0n) is 15.2. The lowest BCUT2D eigenvalue weighted by Crippen LogP contribution is -2.45. The van der Waals surface area contributed by atoms with Gasteiger partial charge in [0.05, 0.1) is 4.70 Å². The highest BCUT2D eigenvalue weighted by Gasteiger charge is 2.19. The maximum absolute atomic E-state index is 13.8. The van der Waals surface area contributed by atoms with Crippen LogP contribution in [0.25, 0.3) is 10.2 Å². The van der Waals surface area contributed by atoms with Crippen LogP contribution in [0.3, 0.4) is 0 Å². The number of thiazole rings is 1. The number of aryl methyl sites for hydroxylation is 1. The number of nitrogens with zero attached hydrogens (tertiary/aromatic N) is 4. The molecule has 1 amide bonds. The first-order valence-electron chi connectivity index (χ1n) is 8.79. The van der Waals surface area contributed by atoms with Crippen LogP contribution in [-0.2, 0) is 0 Å². The standard InChI is InChI=1S/C19H20FN5OS/c1-12-6-7-15(21-17(12)25-10-8-24(2)9-11-25)22-18(26)19-23-16-13(20)4-3-5-14(16)27-19/h3-7H,8-11H2,1-2H3,(H,21,22,26). The van der Waals surface area contributed by atoms with Crippen molar-refractivity contribution in [2.75, 3.05) is 43.4 Å². The number of likely N-dealkylation sites (N-methyl/N-ethyl adjacent to an activating group) is 1. The lowest BCUT2D eigenvalue weighted by Gasteiger charge is -2.34. The highest BCUT2D eigenvalue weighted by Crippen LogP contribution is 2.25. The first-order valence-corrected chi connectivity index (χ1v) is 9.60. The molecule has 0 aliphatic carbocycles. The Labute approximate surface area is 160 Å². The fourth-order valence-corrected chi connectivity index (χ4v) is 3.98. The number of aromatic nitrogens is 2. The van der Waals surface area contributed by atoms with Crippen LogP contribution in [0, 0.1) is 12.7 Å². The van der Waals surface area contributed by atoms with Gasteiger partial charge in [-0.05, 0) is 37.7 Å². The number of hydrogen-bond acceptors (Lipinski definition) is 6. The topological polar surface area (TPSA) is 61.4 Å². The van der Waals surface area contributed by atoms with E-state index in [2.05, 4.69) is 32.1 Å². The zero-order chi connectivity index (χ0) is 19.0. The smallest absolute Gasteiger partial charge is 0.285 e. The number of carbonyl (C=O) groups is 1. The van der Waals surface area contributed by atoms with Crippen LogP contribution >= 0.6 is 11.3 Å². The molecule has 8 heteroatoms. The van der Waals surface area contributed by atoms with Crippen molar-refractivity contribution in [1.29, 1.82) is 0 Å². The van der Waals surface area contributed by atoms with Crippen LogP contribution in [0.2, 0.25) is 0 Å². The summed E-state index contributed by atoms with van der Waals surface area (Å²) in [7, 11) is 2.11. The van der Waals surface area contributed by atoms with Gasteiger partial charge in [-0.3, -0.25) is 4.79 Å². The van der Waals surface area contributed by atoms with E-state index in [1.54, 1.807) is 18.2 Å². The number of nitrogens with one attached hydrogen (secondary N) is 1. The van der Waals surface area contributed by atoms with Crippen molar-refractivity contribution in [3.8, 4) is 0 Å². The summed E-state index contributed by atoms with van der Waals surface area (Å²) in [6.45, 7) is 5.78. The second-order valence-corrected chi connectivity index (χ2v) is 7.72. The van der Waals surface area contributed by atoms with Gasteiger partial charge in [0.2, 0.25) is 0 Å². The molecule has 1 N–H and O–H groups in total. The van der Waals surface area contributed by atoms with Gasteiger partial charge in [-0.2, -0.15) is 0 Å². The number of pyridine rings is 1. The van der Waals surface area contributed by atoms with Gasteiger partial charge in [0, 0.05) is 26.2 Å². The Bertz CT molecular complexity index is 997. The highest BCUT2D eigenvalue weighted by molar-refractivity contribution is 7.20. The fraction of sp³-hybridized carbons (Fsp3) is 0.316. The van der Waals surface area contributed by atoms with E-state index in [4.69, 9.17) is 0 Å². The molecule has 0 unspecified atom stereocenters. The number of halogens is 1. The zero-order valence-corrected chi connectivity index (χ0v) is 16.0. The molecule has 0 saturated carbocycles. The number of fused-ring (bicyclic) bond motifs is 1. The van der Waals surface area contributed by atoms with Crippen LogP contribution < -0.4 is 10.2 Å². The Hall–Kier alpha value is -2.58. The van der Waals surface area contributed by atoms with Gasteiger partial charge in [0.25, 0.3) is 5.91 Å². The van der Waals surface area contributed by atoms with Gasteiger partial charge in [-0.15, -0.1) is 11.3 Å². The molecule has 1 saturated heterocycles. The molecule has 1 aliphatic heterocycles. The van der Waals surface area contributed by atoms with Crippen molar-refractivity contribution >= 4 is 39.1 Å². The highest BCUT2D eigenvalue weighted by atomic mass is 32.1. The van der Waals surface area contributed by atoms with Crippen LogP contribution in [0.4, 0.5) is 16.0 Å². The monoisotopic (exact) mass is 385 g/mol. The van der Waals surface area contributed by atoms with Gasteiger partial charge < -0.3 is 15.1 Å². The number of hydrogen-bond donors (Lipinski definition) is 1. The van der Waals surface area contributed by atoms with E-state index in [9.17, 15) is 9.18 Å². The van der Waals surface area contributed by atoms with E-state index >= 15 is 0 Å². The minimum Gasteiger partial charge on any atom is -0.354 e. The Morgan fingerprint density at radius 2 is 1.93 bits per heavy atom. The van der Waals surface area contributed by atoms with Crippen molar-refractivity contribution in [2.24, 2.45) is 0 Å². The maximum Gasteiger partial charge on any atom is 0.285 e. The molecule has 0 spiro atoms. The number of carbonyl (C=O) groups excluding carboxylic acids is 1. The van der Waals surface area contributed by atoms with E-state index in [0.717, 1.165) is 37.6 Å². The molecular weight excluding hydrogens is 365 g/mol. The third-order valence-electron chi connectivity index (χ3n) is 4.68. The normalized spacial score (nSPS) is 15.3. The molecule has 4 rings (SSSR count). The molecule has 27 heavy (non-hydrogen) atoms. The number of rotatable bonds is 3. The van der Waals surface area contributed by atoms with E-state index in [1.807, 2.05) is 13.0 Å². The number of benzene rings is 1. The van der Waals surface area contributed by atoms with Crippen molar-refractivity contribution in [3.05, 3.63) is 46.7 Å². The first-order chi connectivity index (χ1) is 13.0. The summed E-state index contributed by atoms with van der Waals surface area (Å²) in [5, 5.41) is 3.01. The van der Waals surface area contributed by atoms with E-state index < -0.39 is 5.82 Å². The van der Waals surface area contributed by atoms with Crippen molar-refractivity contribution in [2.45, 2.75) is 6.92 Å². The molecule has 1 aliphatic rings. The molecule has 0 atom stereocenters. The van der Waals surface area contributed by atoms with Gasteiger partial charge in [0.1, 0.15) is 23.0 Å². The minimum atomic E-state index is -0.423. The van der Waals surface area contributed by atoms with E-state index in [0.29, 0.717) is 10.5 Å². The fourth-order valence-electron chi connectivity index (χ4n) is 3.11. The van der Waals surface area contributed by atoms with Crippen LogP contribution in [0.15, 0.2) is 30.3 Å². The number of anilines is 2. The van der Waals surface area contributed by atoms with Gasteiger partial charge in [-0.25, -0.2) is 14.4 Å². The van der Waals surface area contributed by atoms with Gasteiger partial charge in [-0.1, -0.05) is 12.1 Å². The second-order valence-electron chi connectivity index (χ2n) is 6.69. The average molecular weight is 385 g/mol. The number of para-hydroxylation sites is 1. The second kappa shape index (κ2) is 7.21. The third kappa shape index (κ3) is 3.63. The van der Waals surface area contributed by atoms with Crippen LogP contribution in [0.1, 0.15) is 15.4 Å². The molecule has 140 valence electrons. The quantitative estimate of drug-likeness (QED) is 0.751. The van der Waals surface area contributed by atoms with Crippen LogP contribution in [-0.4, -0.2) is 54.0 Å². The Balaban J connectivity index is 1.55. The molecule has 2 aromatic heterocycles. The summed E-state index contributed by atoms with van der Waals surface area (Å²) in [4.78, 5) is 25.9. The molecule has 1 fully saturated rings. The van der Waals surface area contributed by atoms with Gasteiger partial charge in [0.15, 0.2) is 5.01 Å². The Kier molecular flexibility index (Phi) is 4.75. The van der Waals surface area contributed by atoms with Crippen LogP contribution in [0.5, 0.6) is 0 Å². The summed E-state index contributed by atoms with van der Waals surface area (Å²) in [5.41, 5.74) is 1.29. The summed E-state index contributed by atoms with van der Waals surface area (Å²) in [6.07, 6.45) is 0. The third-order valence-corrected chi connectivity index (χ3v) is 5.70. The molecule has 0 bridgehead atoms. The van der Waals surface area contributed by atoms with E-state index in [1.165, 1.54) is 17.4 Å². The summed E-state index contributed by atoms with van der Waals surface area (Å²) >= 11 is 1.17. The van der Waals surface area contributed by atoms with Crippen molar-refractivity contribution in [3.63, 3.8) is 0 Å². The first kappa shape index (κ1) is 17.8. The molecule has 6 nitrogen and oxygen atoms in total. The molecule has 1 aromatic carbocycles. The summed E-state index contributed by atoms with van der Waals surface area (Å²) in [5.74, 6) is 0.556. The minimum absolute atomic E-state index is 0.221. The molecular formula is C19H20FN5OS. The van der Waals surface area contributed by atoms with Gasteiger partial charge >= 0.3 is 0 Å². The number of piperazine rings is 1. The molecule has 3 aromatic rings. The predicted molar refractivity (Wildman–Crippen MR) is 106 cm³/mol. The summed E-state index contributed by atoms with van der Waals surface area (Å²) < 4.78 is 14.5. The SMILES string of the molecule is Cc1ccc(NC(=O)c2nc3c(F)cccc3s2)nc1N1CCN(C)CC1. The lowest BCUT2D eigenvalue weighted by molar-refractivity contribution is 0.102. The maximum atomic E-state index is 13.8. The Morgan fingerprint density at radius 3 is 2.67 bits per heavy atom. The Morgan fingerprint density at radius 1 is 1.15 bits per heavy atom. The largest absolute Gasteiger partial charge is 0.354 e. The number of amides is 1.